The van der Waals surface area contributed by atoms with Crippen LogP contribution in [-0.4, -0.2) is 16.0 Å². The summed E-state index contributed by atoms with van der Waals surface area (Å²) in [5.74, 6) is 0.841. The zero-order chi connectivity index (χ0) is 12.5. The molecule has 1 N–H and O–H groups in total. The van der Waals surface area contributed by atoms with Gasteiger partial charge in [-0.15, -0.1) is 0 Å². The van der Waals surface area contributed by atoms with Gasteiger partial charge in [-0.05, 0) is 30.9 Å². The van der Waals surface area contributed by atoms with Gasteiger partial charge in [-0.25, -0.2) is 9.97 Å². The van der Waals surface area contributed by atoms with Gasteiger partial charge in [-0.2, -0.15) is 0 Å². The Morgan fingerprint density at radius 1 is 1.17 bits per heavy atom. The fraction of sp³-hybridized carbons (Fsp3) is 0.286. The van der Waals surface area contributed by atoms with Crippen molar-refractivity contribution in [3.05, 3.63) is 52.4 Å². The molecule has 18 heavy (non-hydrogen) atoms. The number of nitrogens with zero attached hydrogens (tertiary/aromatic N) is 2. The van der Waals surface area contributed by atoms with Gasteiger partial charge in [0.15, 0.2) is 0 Å². The minimum Gasteiger partial charge on any atom is -0.366 e. The third-order valence-corrected chi connectivity index (χ3v) is 3.80. The lowest BCUT2D eigenvalue weighted by molar-refractivity contribution is 0.766. The normalized spacial score (nSPS) is 14.6. The van der Waals surface area contributed by atoms with Crippen LogP contribution < -0.4 is 5.32 Å². The first-order valence-corrected chi connectivity index (χ1v) is 6.42. The van der Waals surface area contributed by atoms with E-state index in [0.29, 0.717) is 11.2 Å². The zero-order valence-corrected chi connectivity index (χ0v) is 10.9. The first-order valence-electron chi connectivity index (χ1n) is 6.04. The van der Waals surface area contributed by atoms with Crippen molar-refractivity contribution in [1.29, 1.82) is 0 Å². The Kier molecular flexibility index (Phi) is 2.92. The van der Waals surface area contributed by atoms with Crippen LogP contribution in [0, 0.1) is 6.92 Å². The molecule has 3 nitrogen and oxygen atoms in total. The van der Waals surface area contributed by atoms with Crippen LogP contribution in [0.3, 0.4) is 0 Å². The summed E-state index contributed by atoms with van der Waals surface area (Å²) in [5.41, 5.74) is 3.76. The van der Waals surface area contributed by atoms with E-state index in [1.54, 1.807) is 0 Å². The Labute approximate surface area is 111 Å². The second-order valence-corrected chi connectivity index (χ2v) is 5.01. The van der Waals surface area contributed by atoms with Gasteiger partial charge in [0, 0.05) is 11.6 Å². The molecular formula is C14H14ClN3. The van der Waals surface area contributed by atoms with Crippen molar-refractivity contribution in [3.63, 3.8) is 0 Å². The van der Waals surface area contributed by atoms with Gasteiger partial charge in [0.25, 0.3) is 0 Å². The Morgan fingerprint density at radius 2 is 1.83 bits per heavy atom. The SMILES string of the molecule is Cc1c(Cl)ncnc1NC1Cc2ccccc2C1. The first-order chi connectivity index (χ1) is 8.74. The molecule has 1 aromatic heterocycles. The molecule has 0 saturated carbocycles. The molecule has 1 aliphatic rings. The summed E-state index contributed by atoms with van der Waals surface area (Å²) in [4.78, 5) is 8.23. The third-order valence-electron chi connectivity index (χ3n) is 3.41. The summed E-state index contributed by atoms with van der Waals surface area (Å²) in [5, 5.41) is 3.98. The number of hydrogen-bond donors (Lipinski definition) is 1. The van der Waals surface area contributed by atoms with Crippen molar-refractivity contribution in [3.8, 4) is 0 Å². The van der Waals surface area contributed by atoms with Crippen LogP contribution in [0.15, 0.2) is 30.6 Å². The van der Waals surface area contributed by atoms with Crippen LogP contribution in [-0.2, 0) is 12.8 Å². The molecule has 92 valence electrons. The molecule has 2 aromatic rings. The molecule has 0 bridgehead atoms. The van der Waals surface area contributed by atoms with Crippen molar-refractivity contribution in [2.45, 2.75) is 25.8 Å². The molecule has 0 aliphatic heterocycles. The molecule has 0 spiro atoms. The molecule has 0 atom stereocenters. The maximum absolute atomic E-state index is 6.00. The lowest BCUT2D eigenvalue weighted by atomic mass is 10.1. The van der Waals surface area contributed by atoms with Crippen LogP contribution in [0.5, 0.6) is 0 Å². The van der Waals surface area contributed by atoms with E-state index in [1.165, 1.54) is 17.5 Å². The van der Waals surface area contributed by atoms with Crippen molar-refractivity contribution >= 4 is 17.4 Å². The van der Waals surface area contributed by atoms with Crippen molar-refractivity contribution in [2.75, 3.05) is 5.32 Å². The van der Waals surface area contributed by atoms with Gasteiger partial charge < -0.3 is 5.32 Å². The van der Waals surface area contributed by atoms with Crippen LogP contribution in [0.2, 0.25) is 5.15 Å². The van der Waals surface area contributed by atoms with Crippen LogP contribution in [0.25, 0.3) is 0 Å². The van der Waals surface area contributed by atoms with E-state index in [2.05, 4.69) is 39.6 Å². The molecule has 1 heterocycles. The standard InChI is InChI=1S/C14H14ClN3/c1-9-13(15)16-8-17-14(9)18-12-6-10-4-2-3-5-11(10)7-12/h2-5,8,12H,6-7H2,1H3,(H,16,17,18). The minimum absolute atomic E-state index is 0.395. The van der Waals surface area contributed by atoms with Gasteiger partial charge in [0.2, 0.25) is 0 Å². The average molecular weight is 260 g/mol. The topological polar surface area (TPSA) is 37.8 Å². The molecule has 1 aromatic carbocycles. The van der Waals surface area contributed by atoms with Crippen LogP contribution in [0.1, 0.15) is 16.7 Å². The van der Waals surface area contributed by atoms with Gasteiger partial charge >= 0.3 is 0 Å². The predicted molar refractivity (Wildman–Crippen MR) is 73.0 cm³/mol. The monoisotopic (exact) mass is 259 g/mol. The second kappa shape index (κ2) is 4.58. The largest absolute Gasteiger partial charge is 0.366 e. The first kappa shape index (κ1) is 11.5. The van der Waals surface area contributed by atoms with E-state index in [4.69, 9.17) is 11.6 Å². The van der Waals surface area contributed by atoms with Crippen LogP contribution in [0.4, 0.5) is 5.82 Å². The number of halogens is 1. The Hall–Kier alpha value is -1.61. The van der Waals surface area contributed by atoms with E-state index in [0.717, 1.165) is 24.2 Å². The molecule has 0 amide bonds. The van der Waals surface area contributed by atoms with Crippen LogP contribution >= 0.6 is 11.6 Å². The highest BCUT2D eigenvalue weighted by Gasteiger charge is 2.21. The number of benzene rings is 1. The quantitative estimate of drug-likeness (QED) is 0.843. The predicted octanol–water partition coefficient (Wildman–Crippen LogP) is 3.02. The highest BCUT2D eigenvalue weighted by Crippen LogP contribution is 2.26. The fourth-order valence-electron chi connectivity index (χ4n) is 2.43. The number of nitrogens with one attached hydrogen (secondary N) is 1. The van der Waals surface area contributed by atoms with E-state index < -0.39 is 0 Å². The Morgan fingerprint density at radius 3 is 2.50 bits per heavy atom. The number of rotatable bonds is 2. The summed E-state index contributed by atoms with van der Waals surface area (Å²) >= 11 is 6.00. The summed E-state index contributed by atoms with van der Waals surface area (Å²) in [6, 6.07) is 8.96. The molecule has 4 heteroatoms. The van der Waals surface area contributed by atoms with E-state index in [1.807, 2.05) is 6.92 Å². The molecule has 3 rings (SSSR count). The summed E-state index contributed by atoms with van der Waals surface area (Å²) in [6.45, 7) is 1.94. The van der Waals surface area contributed by atoms with Gasteiger partial charge in [-0.3, -0.25) is 0 Å². The highest BCUT2D eigenvalue weighted by molar-refractivity contribution is 6.30. The lowest BCUT2D eigenvalue weighted by Crippen LogP contribution is -2.21. The van der Waals surface area contributed by atoms with E-state index in [-0.39, 0.29) is 0 Å². The molecule has 1 aliphatic carbocycles. The molecule has 0 saturated heterocycles. The number of hydrogen-bond acceptors (Lipinski definition) is 3. The number of fused-ring (bicyclic) bond motifs is 1. The van der Waals surface area contributed by atoms with E-state index in [9.17, 15) is 0 Å². The highest BCUT2D eigenvalue weighted by atomic mass is 35.5. The maximum Gasteiger partial charge on any atom is 0.137 e. The summed E-state index contributed by atoms with van der Waals surface area (Å²) in [6.07, 6.45) is 3.58. The molecule has 0 radical (unpaired) electrons. The van der Waals surface area contributed by atoms with Gasteiger partial charge in [0.05, 0.1) is 0 Å². The van der Waals surface area contributed by atoms with Gasteiger partial charge in [-0.1, -0.05) is 35.9 Å². The average Bonchev–Trinajstić information content (AvgIpc) is 2.77. The second-order valence-electron chi connectivity index (χ2n) is 4.66. The minimum atomic E-state index is 0.395. The van der Waals surface area contributed by atoms with Gasteiger partial charge in [0.1, 0.15) is 17.3 Å². The molecule has 0 unspecified atom stereocenters. The van der Waals surface area contributed by atoms with Crippen molar-refractivity contribution in [1.82, 2.24) is 9.97 Å². The van der Waals surface area contributed by atoms with Crippen molar-refractivity contribution in [2.24, 2.45) is 0 Å². The maximum atomic E-state index is 6.00. The Bertz CT molecular complexity index is 558. The summed E-state index contributed by atoms with van der Waals surface area (Å²) < 4.78 is 0. The smallest absolute Gasteiger partial charge is 0.137 e. The molecular weight excluding hydrogens is 246 g/mol. The van der Waals surface area contributed by atoms with E-state index >= 15 is 0 Å². The number of aromatic nitrogens is 2. The Balaban J connectivity index is 1.78. The van der Waals surface area contributed by atoms with Crippen molar-refractivity contribution < 1.29 is 0 Å². The lowest BCUT2D eigenvalue weighted by Gasteiger charge is -2.14. The number of anilines is 1. The molecule has 0 fully saturated rings. The zero-order valence-electron chi connectivity index (χ0n) is 10.2. The third kappa shape index (κ3) is 2.06. The summed E-state index contributed by atoms with van der Waals surface area (Å²) in [7, 11) is 0. The fourth-order valence-corrected chi connectivity index (χ4v) is 2.56.